The molecular weight excluding hydrogens is 909 g/mol. The average molecular weight is 986 g/mol. The Bertz CT molecular complexity index is 1420. The predicted octanol–water partition coefficient (Wildman–Crippen LogP) is 4.12. The average Bonchev–Trinajstić information content (AvgIpc) is 3.20. The molecule has 2 fully saturated rings. The van der Waals surface area contributed by atoms with E-state index in [1.165, 1.54) is 21.1 Å². The van der Waals surface area contributed by atoms with Gasteiger partial charge in [-0.1, -0.05) is 64.1 Å². The number of likely N-dealkylation sites (N-methyl/N-ethyl adjacent to an activating group) is 2. The van der Waals surface area contributed by atoms with E-state index in [4.69, 9.17) is 30.6 Å². The number of aliphatic hydroxyl groups excluding tert-OH is 3. The third kappa shape index (κ3) is 25.2. The van der Waals surface area contributed by atoms with Crippen molar-refractivity contribution in [1.29, 1.82) is 0 Å². The van der Waals surface area contributed by atoms with Crippen LogP contribution in [0.25, 0.3) is 4.85 Å². The van der Waals surface area contributed by atoms with Gasteiger partial charge in [0.1, 0.15) is 30.7 Å². The van der Waals surface area contributed by atoms with Gasteiger partial charge in [-0.05, 0) is 58.3 Å². The van der Waals surface area contributed by atoms with Crippen LogP contribution in [0.5, 0.6) is 0 Å². The van der Waals surface area contributed by atoms with E-state index >= 15 is 0 Å². The zero-order valence-electron chi connectivity index (χ0n) is 39.0. The molecular formula is C43H76IN3O14. The van der Waals surface area contributed by atoms with Crippen LogP contribution in [-0.4, -0.2) is 138 Å². The number of carbonyl (C=O) groups is 7. The van der Waals surface area contributed by atoms with E-state index in [9.17, 15) is 43.8 Å². The fourth-order valence-corrected chi connectivity index (χ4v) is 5.55. The van der Waals surface area contributed by atoms with E-state index in [0.29, 0.717) is 38.9 Å². The maximum absolute atomic E-state index is 12.4. The van der Waals surface area contributed by atoms with Crippen molar-refractivity contribution in [1.82, 2.24) is 10.6 Å². The smallest absolute Gasteiger partial charge is 0.287 e. The largest absolute Gasteiger partial charge is 0.396 e. The molecule has 4 atom stereocenters. The molecule has 354 valence electrons. The number of halogens is 1. The second kappa shape index (κ2) is 30.3. The Morgan fingerprint density at radius 2 is 1.21 bits per heavy atom. The lowest BCUT2D eigenvalue weighted by Crippen LogP contribution is -2.53. The van der Waals surface area contributed by atoms with Crippen LogP contribution in [0, 0.1) is 22.8 Å². The molecule has 0 spiro atoms. The number of hydrogen-bond donors (Lipinski definition) is 5. The highest BCUT2D eigenvalue weighted by atomic mass is 127. The highest BCUT2D eigenvalue weighted by molar-refractivity contribution is 14.1. The number of amides is 2. The number of aldehydes is 1. The first kappa shape index (κ1) is 62.5. The number of nitrogens with one attached hydrogen (secondary N) is 2. The fraction of sp³-hybridized carbons (Fsp3) is 0.814. The molecule has 0 aromatic rings. The zero-order chi connectivity index (χ0) is 48.4. The van der Waals surface area contributed by atoms with Gasteiger partial charge in [0.2, 0.25) is 18.7 Å². The third-order valence-corrected chi connectivity index (χ3v) is 9.35. The minimum Gasteiger partial charge on any atom is -0.396 e. The molecule has 2 saturated heterocycles. The molecule has 0 saturated carbocycles. The van der Waals surface area contributed by atoms with Crippen LogP contribution in [0.3, 0.4) is 0 Å². The normalized spacial score (nSPS) is 20.1. The second-order valence-corrected chi connectivity index (χ2v) is 17.5. The molecule has 1 unspecified atom stereocenters. The van der Waals surface area contributed by atoms with Gasteiger partial charge in [0.15, 0.2) is 28.9 Å². The summed E-state index contributed by atoms with van der Waals surface area (Å²) >= 11 is 2.15. The van der Waals surface area contributed by atoms with Gasteiger partial charge in [-0.2, -0.15) is 0 Å². The molecule has 2 amide bonds. The van der Waals surface area contributed by atoms with Gasteiger partial charge < -0.3 is 54.5 Å². The Kier molecular flexibility index (Phi) is 31.1. The molecule has 2 rings (SSSR count). The summed E-state index contributed by atoms with van der Waals surface area (Å²) in [6.45, 7) is 24.6. The van der Waals surface area contributed by atoms with Crippen LogP contribution in [0.2, 0.25) is 0 Å². The Hall–Kier alpha value is -2.77. The van der Waals surface area contributed by atoms with Crippen molar-refractivity contribution in [2.75, 3.05) is 45.9 Å². The standard InChI is InChI=1S/C15H27NO5.C13H22O4.C12H21NO5.C2H3N.CH3I/c1-14(2)9-20-15(3,4)21-12(14)10(17)7-6-8-11(18)13(19)16-5;1-12(2)9-16-13(3,4)17-11(12)10(15)7-5-6-8-14;1-12(2,7-14)10(17)8(15)5-4-6-9(16)11(18)13-3;1-3-2;1-2/h11-12,18H,6-9H2,1-5H3,(H,16,19);8,11H,5-7,9H2,1-4H3;10,14,17H,4-7H2,1-3H3,(H,13,18);1H3;1H3/t11?,12-;11-;10-;;/m000../s1. The number of carbonyl (C=O) groups excluding carboxylic acids is 7. The third-order valence-electron chi connectivity index (χ3n) is 9.35. The Morgan fingerprint density at radius 1 is 0.787 bits per heavy atom. The quantitative estimate of drug-likeness (QED) is 0.0306. The summed E-state index contributed by atoms with van der Waals surface area (Å²) in [5.74, 6) is -3.54. The summed E-state index contributed by atoms with van der Waals surface area (Å²) < 4.78 is 22.6. The SMILES string of the molecule is CC1(C)OCC(C)(C)[C@H](C(=O)CCCC=O)O1.CI.CNC(=O)C(=O)CCCC(=O)[C@H](O)C(C)(C)CO.CNC(=O)C(O)CCCC(=O)[C@@H]1OC(C)(C)OCC1(C)C.[C-]#[N+]C. The molecule has 18 heteroatoms. The number of hydrogen-bond acceptors (Lipinski definition) is 14. The number of rotatable bonds is 19. The molecule has 0 aromatic heterocycles. The Balaban J connectivity index is -0.000000788. The van der Waals surface area contributed by atoms with Crippen molar-refractivity contribution in [3.05, 3.63) is 11.4 Å². The van der Waals surface area contributed by atoms with Crippen LogP contribution >= 0.6 is 22.6 Å². The maximum Gasteiger partial charge on any atom is 0.287 e. The molecule has 5 N–H and O–H groups in total. The van der Waals surface area contributed by atoms with Gasteiger partial charge in [-0.3, -0.25) is 28.8 Å². The fourth-order valence-electron chi connectivity index (χ4n) is 5.55. The lowest BCUT2D eigenvalue weighted by atomic mass is 9.82. The van der Waals surface area contributed by atoms with Crippen LogP contribution in [0.1, 0.15) is 127 Å². The molecule has 17 nitrogen and oxygen atoms in total. The van der Waals surface area contributed by atoms with E-state index < -0.39 is 64.8 Å². The van der Waals surface area contributed by atoms with Crippen LogP contribution in [-0.2, 0) is 52.5 Å². The van der Waals surface area contributed by atoms with E-state index in [1.807, 2.05) is 46.5 Å². The van der Waals surface area contributed by atoms with Gasteiger partial charge in [0, 0.05) is 62.4 Å². The first-order valence-electron chi connectivity index (χ1n) is 20.3. The van der Waals surface area contributed by atoms with Crippen LogP contribution < -0.4 is 10.6 Å². The minimum atomic E-state index is -1.27. The molecule has 0 aliphatic carbocycles. The maximum atomic E-state index is 12.4. The van der Waals surface area contributed by atoms with Crippen molar-refractivity contribution in [2.24, 2.45) is 16.2 Å². The Morgan fingerprint density at radius 3 is 1.59 bits per heavy atom. The van der Waals surface area contributed by atoms with E-state index in [1.54, 1.807) is 27.7 Å². The van der Waals surface area contributed by atoms with Gasteiger partial charge in [0.05, 0.1) is 19.8 Å². The van der Waals surface area contributed by atoms with E-state index in [0.717, 1.165) is 6.29 Å². The summed E-state index contributed by atoms with van der Waals surface area (Å²) in [7, 11) is 4.25. The van der Waals surface area contributed by atoms with Crippen molar-refractivity contribution < 1.29 is 67.8 Å². The first-order valence-corrected chi connectivity index (χ1v) is 22.4. The molecule has 61 heavy (non-hydrogen) atoms. The van der Waals surface area contributed by atoms with Crippen molar-refractivity contribution in [3.63, 3.8) is 0 Å². The molecule has 2 aliphatic rings. The van der Waals surface area contributed by atoms with Gasteiger partial charge in [-0.15, -0.1) is 0 Å². The first-order chi connectivity index (χ1) is 28.0. The van der Waals surface area contributed by atoms with E-state index in [2.05, 4.69) is 38.1 Å². The van der Waals surface area contributed by atoms with Gasteiger partial charge in [-0.25, -0.2) is 6.57 Å². The monoisotopic (exact) mass is 985 g/mol. The molecule has 0 aromatic carbocycles. The number of Topliss-reactive ketones (excluding diaryl/α,β-unsaturated/α-hetero) is 4. The molecule has 0 radical (unpaired) electrons. The Labute approximate surface area is 377 Å². The van der Waals surface area contributed by atoms with Crippen molar-refractivity contribution in [2.45, 2.75) is 163 Å². The number of ether oxygens (including phenoxy) is 4. The number of aliphatic hydroxyl groups is 3. The van der Waals surface area contributed by atoms with E-state index in [-0.39, 0.29) is 61.1 Å². The summed E-state index contributed by atoms with van der Waals surface area (Å²) in [5.41, 5.74) is -1.60. The lowest BCUT2D eigenvalue weighted by molar-refractivity contribution is -0.303. The number of ketones is 4. The van der Waals surface area contributed by atoms with Crippen molar-refractivity contribution >= 4 is 63.8 Å². The molecule has 0 bridgehead atoms. The lowest BCUT2D eigenvalue weighted by Gasteiger charge is -2.45. The van der Waals surface area contributed by atoms with Crippen molar-refractivity contribution in [3.8, 4) is 0 Å². The highest BCUT2D eigenvalue weighted by Crippen LogP contribution is 2.37. The zero-order valence-corrected chi connectivity index (χ0v) is 41.2. The number of nitrogens with zero attached hydrogens (tertiary/aromatic N) is 1. The minimum absolute atomic E-state index is 0.00727. The number of alkyl halides is 1. The highest BCUT2D eigenvalue weighted by Gasteiger charge is 2.46. The summed E-state index contributed by atoms with van der Waals surface area (Å²) in [6.07, 6.45) is 0.126. The molecule has 2 aliphatic heterocycles. The number of unbranched alkanes of at least 4 members (excludes halogenated alkanes) is 1. The predicted molar refractivity (Wildman–Crippen MR) is 238 cm³/mol. The summed E-state index contributed by atoms with van der Waals surface area (Å²) in [4.78, 5) is 84.2. The van der Waals surface area contributed by atoms with Crippen LogP contribution in [0.4, 0.5) is 0 Å². The topological polar surface area (TPSA) is 246 Å². The second-order valence-electron chi connectivity index (χ2n) is 17.5. The van der Waals surface area contributed by atoms with Gasteiger partial charge >= 0.3 is 0 Å². The summed E-state index contributed by atoms with van der Waals surface area (Å²) in [6, 6.07) is 0. The summed E-state index contributed by atoms with van der Waals surface area (Å²) in [5, 5.41) is 32.8. The van der Waals surface area contributed by atoms with Gasteiger partial charge in [0.25, 0.3) is 5.91 Å². The van der Waals surface area contributed by atoms with Crippen LogP contribution in [0.15, 0.2) is 0 Å². The molecule has 2 heterocycles.